The third kappa shape index (κ3) is 5.13. The summed E-state index contributed by atoms with van der Waals surface area (Å²) in [5.41, 5.74) is 1.63. The highest BCUT2D eigenvalue weighted by molar-refractivity contribution is 7.19. The fraction of sp³-hybridized carbons (Fsp3) is 0. The van der Waals surface area contributed by atoms with Crippen molar-refractivity contribution in [3.63, 3.8) is 0 Å². The average molecular weight is 487 g/mol. The maximum absolute atomic E-state index is 13.8. The van der Waals surface area contributed by atoms with E-state index in [1.165, 1.54) is 12.1 Å². The zero-order chi connectivity index (χ0) is 23.5. The molecule has 0 radical (unpaired) electrons. The third-order valence-corrected chi connectivity index (χ3v) is 5.76. The summed E-state index contributed by atoms with van der Waals surface area (Å²) in [5.74, 6) is -1.68. The Bertz CT molecular complexity index is 1350. The molecule has 0 unspecified atom stereocenters. The second kappa shape index (κ2) is 9.31. The van der Waals surface area contributed by atoms with Crippen LogP contribution in [0.3, 0.4) is 0 Å². The lowest BCUT2D eigenvalue weighted by Crippen LogP contribution is -2.20. The second-order valence-electron chi connectivity index (χ2n) is 6.71. The van der Waals surface area contributed by atoms with Crippen LogP contribution >= 0.6 is 22.9 Å². The van der Waals surface area contributed by atoms with Crippen LogP contribution in [0.4, 0.5) is 30.1 Å². The van der Waals surface area contributed by atoms with Gasteiger partial charge in [-0.1, -0.05) is 35.1 Å². The summed E-state index contributed by atoms with van der Waals surface area (Å²) in [4.78, 5) is 28.0. The van der Waals surface area contributed by atoms with E-state index in [2.05, 4.69) is 15.6 Å². The number of thiazole rings is 1. The number of amides is 2. The summed E-state index contributed by atoms with van der Waals surface area (Å²) in [6, 6.07) is 14.8. The van der Waals surface area contributed by atoms with Crippen molar-refractivity contribution in [1.29, 1.82) is 0 Å². The highest BCUT2D eigenvalue weighted by Crippen LogP contribution is 2.39. The Hall–Kier alpha value is -3.89. The first-order valence-corrected chi connectivity index (χ1v) is 10.5. The standard InChI is InChI=1S/C22H13ClF2N4O3S/c23-14-5-1-12(2-6-14)19-20(13-3-8-16(9-4-13)29(31)32)33-22(27-19)28-21(30)26-18-10-7-15(24)11-17(18)25/h1-11H,(H2,26,27,28,30). The number of hydrogen-bond donors (Lipinski definition) is 2. The molecule has 7 nitrogen and oxygen atoms in total. The van der Waals surface area contributed by atoms with Crippen molar-refractivity contribution >= 4 is 45.5 Å². The first-order valence-electron chi connectivity index (χ1n) is 9.35. The Morgan fingerprint density at radius 1 is 0.970 bits per heavy atom. The number of carbonyl (C=O) groups is 1. The Morgan fingerprint density at radius 3 is 2.27 bits per heavy atom. The summed E-state index contributed by atoms with van der Waals surface area (Å²) in [6.45, 7) is 0. The molecule has 4 aromatic rings. The first-order chi connectivity index (χ1) is 15.8. The number of aromatic nitrogens is 1. The molecule has 0 fully saturated rings. The Balaban J connectivity index is 1.66. The van der Waals surface area contributed by atoms with E-state index in [0.717, 1.165) is 23.5 Å². The lowest BCUT2D eigenvalue weighted by molar-refractivity contribution is -0.384. The monoisotopic (exact) mass is 486 g/mol. The number of hydrogen-bond acceptors (Lipinski definition) is 5. The smallest absolute Gasteiger partial charge is 0.305 e. The molecule has 0 bridgehead atoms. The van der Waals surface area contributed by atoms with Gasteiger partial charge in [0.25, 0.3) is 5.69 Å². The average Bonchev–Trinajstić information content (AvgIpc) is 3.20. The molecule has 0 aliphatic rings. The minimum atomic E-state index is -0.919. The van der Waals surface area contributed by atoms with Gasteiger partial charge < -0.3 is 5.32 Å². The maximum Gasteiger partial charge on any atom is 0.325 e. The number of nitrogens with zero attached hydrogens (tertiary/aromatic N) is 2. The topological polar surface area (TPSA) is 97.2 Å². The van der Waals surface area contributed by atoms with E-state index in [1.807, 2.05) is 0 Å². The predicted molar refractivity (Wildman–Crippen MR) is 124 cm³/mol. The number of nitro groups is 1. The lowest BCUT2D eigenvalue weighted by atomic mass is 10.1. The fourth-order valence-electron chi connectivity index (χ4n) is 2.95. The van der Waals surface area contributed by atoms with Gasteiger partial charge in [0.1, 0.15) is 11.6 Å². The number of anilines is 2. The number of nitro benzene ring substituents is 1. The normalized spacial score (nSPS) is 10.6. The van der Waals surface area contributed by atoms with Gasteiger partial charge in [0, 0.05) is 28.8 Å². The van der Waals surface area contributed by atoms with Crippen LogP contribution in [0.1, 0.15) is 0 Å². The summed E-state index contributed by atoms with van der Waals surface area (Å²) < 4.78 is 26.9. The molecule has 11 heteroatoms. The second-order valence-corrected chi connectivity index (χ2v) is 8.15. The number of benzene rings is 3. The van der Waals surface area contributed by atoms with Crippen molar-refractivity contribution in [3.8, 4) is 21.7 Å². The van der Waals surface area contributed by atoms with Gasteiger partial charge in [0.2, 0.25) is 0 Å². The molecule has 0 aliphatic carbocycles. The molecule has 4 rings (SSSR count). The lowest BCUT2D eigenvalue weighted by Gasteiger charge is -2.06. The van der Waals surface area contributed by atoms with Gasteiger partial charge in [-0.2, -0.15) is 0 Å². The molecule has 33 heavy (non-hydrogen) atoms. The first kappa shape index (κ1) is 22.3. The summed E-state index contributed by atoms with van der Waals surface area (Å²) in [6.07, 6.45) is 0. The van der Waals surface area contributed by atoms with Crippen LogP contribution < -0.4 is 10.6 Å². The number of rotatable bonds is 5. The van der Waals surface area contributed by atoms with E-state index in [0.29, 0.717) is 32.8 Å². The van der Waals surface area contributed by atoms with E-state index in [-0.39, 0.29) is 16.5 Å². The van der Waals surface area contributed by atoms with Crippen molar-refractivity contribution in [1.82, 2.24) is 4.98 Å². The molecule has 166 valence electrons. The van der Waals surface area contributed by atoms with Crippen LogP contribution in [-0.4, -0.2) is 15.9 Å². The van der Waals surface area contributed by atoms with Gasteiger partial charge in [0.05, 0.1) is 21.2 Å². The quantitative estimate of drug-likeness (QED) is 0.235. The predicted octanol–water partition coefficient (Wildman–Crippen LogP) is 6.96. The molecule has 2 amide bonds. The molecule has 0 atom stereocenters. The van der Waals surface area contributed by atoms with E-state index in [4.69, 9.17) is 11.6 Å². The molecule has 2 N–H and O–H groups in total. The van der Waals surface area contributed by atoms with E-state index >= 15 is 0 Å². The zero-order valence-electron chi connectivity index (χ0n) is 16.5. The Kier molecular flexibility index (Phi) is 6.29. The summed E-state index contributed by atoms with van der Waals surface area (Å²) in [7, 11) is 0. The summed E-state index contributed by atoms with van der Waals surface area (Å²) in [5, 5.41) is 16.5. The van der Waals surface area contributed by atoms with E-state index in [1.54, 1.807) is 36.4 Å². The number of carbonyl (C=O) groups excluding carboxylic acids is 1. The van der Waals surface area contributed by atoms with Crippen molar-refractivity contribution in [2.24, 2.45) is 0 Å². The van der Waals surface area contributed by atoms with Crippen molar-refractivity contribution in [2.45, 2.75) is 0 Å². The molecule has 0 aliphatic heterocycles. The van der Waals surface area contributed by atoms with Crippen LogP contribution in [0.15, 0.2) is 66.7 Å². The third-order valence-electron chi connectivity index (χ3n) is 4.48. The van der Waals surface area contributed by atoms with Crippen LogP contribution in [0.5, 0.6) is 0 Å². The van der Waals surface area contributed by atoms with Crippen LogP contribution in [0.25, 0.3) is 21.7 Å². The van der Waals surface area contributed by atoms with Crippen molar-refractivity contribution in [2.75, 3.05) is 10.6 Å². The SMILES string of the molecule is O=C(Nc1nc(-c2ccc(Cl)cc2)c(-c2ccc([N+](=O)[O-])cc2)s1)Nc1ccc(F)cc1F. The molecule has 1 aromatic heterocycles. The van der Waals surface area contributed by atoms with Gasteiger partial charge in [-0.3, -0.25) is 15.4 Å². The number of halogens is 3. The number of urea groups is 1. The van der Waals surface area contributed by atoms with Gasteiger partial charge in [-0.05, 0) is 42.0 Å². The molecule has 0 saturated carbocycles. The minimum Gasteiger partial charge on any atom is -0.305 e. The van der Waals surface area contributed by atoms with E-state index in [9.17, 15) is 23.7 Å². The van der Waals surface area contributed by atoms with Crippen LogP contribution in [0.2, 0.25) is 5.02 Å². The van der Waals surface area contributed by atoms with Crippen molar-refractivity contribution in [3.05, 3.63) is 93.5 Å². The summed E-state index contributed by atoms with van der Waals surface area (Å²) >= 11 is 7.11. The number of non-ortho nitro benzene ring substituents is 1. The van der Waals surface area contributed by atoms with Gasteiger partial charge in [-0.25, -0.2) is 18.6 Å². The van der Waals surface area contributed by atoms with Gasteiger partial charge in [-0.15, -0.1) is 0 Å². The Morgan fingerprint density at radius 2 is 1.64 bits per heavy atom. The highest BCUT2D eigenvalue weighted by Gasteiger charge is 2.18. The van der Waals surface area contributed by atoms with Crippen LogP contribution in [0, 0.1) is 21.7 Å². The zero-order valence-corrected chi connectivity index (χ0v) is 18.1. The molecule has 0 spiro atoms. The largest absolute Gasteiger partial charge is 0.325 e. The van der Waals surface area contributed by atoms with Gasteiger partial charge >= 0.3 is 6.03 Å². The van der Waals surface area contributed by atoms with Crippen molar-refractivity contribution < 1.29 is 18.5 Å². The highest BCUT2D eigenvalue weighted by atomic mass is 35.5. The molecule has 0 saturated heterocycles. The maximum atomic E-state index is 13.8. The number of nitrogens with one attached hydrogen (secondary N) is 2. The molecular formula is C22H13ClF2N4O3S. The minimum absolute atomic E-state index is 0.0599. The molecule has 3 aromatic carbocycles. The molecular weight excluding hydrogens is 474 g/mol. The van der Waals surface area contributed by atoms with E-state index < -0.39 is 22.6 Å². The van der Waals surface area contributed by atoms with Crippen LogP contribution in [-0.2, 0) is 0 Å². The van der Waals surface area contributed by atoms with Gasteiger partial charge in [0.15, 0.2) is 5.13 Å². The Labute approximate surface area is 194 Å². The fourth-order valence-corrected chi connectivity index (χ4v) is 4.06. The molecule has 1 heterocycles.